The molecule has 2 aromatic heterocycles. The van der Waals surface area contributed by atoms with Crippen LogP contribution in [0.1, 0.15) is 0 Å². The van der Waals surface area contributed by atoms with Crippen molar-refractivity contribution in [1.82, 2.24) is 15.0 Å². The average molecular weight is 276 g/mol. The lowest BCUT2D eigenvalue weighted by atomic mass is 10.1. The van der Waals surface area contributed by atoms with Crippen molar-refractivity contribution in [2.75, 3.05) is 5.32 Å². The van der Waals surface area contributed by atoms with E-state index in [1.54, 1.807) is 6.20 Å². The van der Waals surface area contributed by atoms with Crippen LogP contribution in [0.3, 0.4) is 0 Å². The first-order chi connectivity index (χ1) is 10.3. The molecule has 0 aliphatic carbocycles. The van der Waals surface area contributed by atoms with E-state index < -0.39 is 0 Å². The van der Waals surface area contributed by atoms with E-state index in [1.165, 1.54) is 0 Å². The second-order valence-electron chi connectivity index (χ2n) is 4.81. The normalized spacial score (nSPS) is 11.0. The summed E-state index contributed by atoms with van der Waals surface area (Å²) in [6, 6.07) is 15.5. The topological polar surface area (TPSA) is 73.6 Å². The Morgan fingerprint density at radius 2 is 1.86 bits per heavy atom. The molecule has 0 unspecified atom stereocenters. The lowest BCUT2D eigenvalue weighted by Crippen LogP contribution is -2.04. The first-order valence-electron chi connectivity index (χ1n) is 6.63. The van der Waals surface area contributed by atoms with Gasteiger partial charge in [-0.25, -0.2) is 4.98 Å². The van der Waals surface area contributed by atoms with Gasteiger partial charge in [0.15, 0.2) is 0 Å². The third-order valence-electron chi connectivity index (χ3n) is 3.43. The molecule has 0 aliphatic heterocycles. The molecule has 21 heavy (non-hydrogen) atoms. The molecule has 0 atom stereocenters. The third kappa shape index (κ3) is 1.95. The Balaban J connectivity index is 1.90. The van der Waals surface area contributed by atoms with E-state index in [-0.39, 0.29) is 5.56 Å². The van der Waals surface area contributed by atoms with E-state index in [4.69, 9.17) is 0 Å². The van der Waals surface area contributed by atoms with Crippen LogP contribution in [0.15, 0.2) is 59.5 Å². The minimum absolute atomic E-state index is 0.129. The molecule has 0 amide bonds. The smallest absolute Gasteiger partial charge is 0.258 e. The summed E-state index contributed by atoms with van der Waals surface area (Å²) in [5.74, 6) is 0.618. The highest BCUT2D eigenvalue weighted by Crippen LogP contribution is 2.23. The summed E-state index contributed by atoms with van der Waals surface area (Å²) >= 11 is 0. The van der Waals surface area contributed by atoms with Crippen LogP contribution < -0.4 is 10.9 Å². The number of hydrogen-bond donors (Lipinski definition) is 3. The molecule has 0 fully saturated rings. The lowest BCUT2D eigenvalue weighted by molar-refractivity contribution is 1.28. The van der Waals surface area contributed by atoms with Crippen LogP contribution in [0.2, 0.25) is 0 Å². The van der Waals surface area contributed by atoms with Gasteiger partial charge in [0.1, 0.15) is 5.52 Å². The van der Waals surface area contributed by atoms with E-state index in [9.17, 15) is 4.79 Å². The van der Waals surface area contributed by atoms with Crippen molar-refractivity contribution < 1.29 is 0 Å². The van der Waals surface area contributed by atoms with Gasteiger partial charge >= 0.3 is 0 Å². The standard InChI is InChI=1S/C16H12N4O/c21-15-13-10(8-9-17-15)6-7-12-14(13)20-16(19-12)18-11-4-2-1-3-5-11/h1-9H,(H,17,21)(H2,18,19,20). The molecule has 0 saturated heterocycles. The van der Waals surface area contributed by atoms with Gasteiger partial charge in [0, 0.05) is 11.9 Å². The third-order valence-corrected chi connectivity index (χ3v) is 3.43. The molecule has 4 rings (SSSR count). The quantitative estimate of drug-likeness (QED) is 0.526. The minimum Gasteiger partial charge on any atom is -0.328 e. The molecule has 0 spiro atoms. The van der Waals surface area contributed by atoms with Gasteiger partial charge in [-0.05, 0) is 29.7 Å². The summed E-state index contributed by atoms with van der Waals surface area (Å²) in [6.07, 6.45) is 1.65. The fraction of sp³-hybridized carbons (Fsp3) is 0. The first-order valence-corrected chi connectivity index (χ1v) is 6.63. The Kier molecular flexibility index (Phi) is 2.50. The number of benzene rings is 2. The second kappa shape index (κ2) is 4.49. The van der Waals surface area contributed by atoms with Crippen molar-refractivity contribution in [2.24, 2.45) is 0 Å². The molecule has 0 aliphatic rings. The van der Waals surface area contributed by atoms with Gasteiger partial charge < -0.3 is 15.3 Å². The van der Waals surface area contributed by atoms with Gasteiger partial charge in [-0.3, -0.25) is 4.79 Å². The van der Waals surface area contributed by atoms with Crippen LogP contribution in [-0.2, 0) is 0 Å². The molecule has 4 aromatic rings. The number of para-hydroxylation sites is 1. The van der Waals surface area contributed by atoms with Gasteiger partial charge in [-0.15, -0.1) is 0 Å². The van der Waals surface area contributed by atoms with Crippen molar-refractivity contribution >= 4 is 33.4 Å². The minimum atomic E-state index is -0.129. The number of aromatic nitrogens is 3. The predicted molar refractivity (Wildman–Crippen MR) is 83.9 cm³/mol. The monoisotopic (exact) mass is 276 g/mol. The summed E-state index contributed by atoms with van der Waals surface area (Å²) < 4.78 is 0. The fourth-order valence-electron chi connectivity index (χ4n) is 2.47. The fourth-order valence-corrected chi connectivity index (χ4v) is 2.47. The Hall–Kier alpha value is -3.08. The van der Waals surface area contributed by atoms with Crippen LogP contribution in [0.5, 0.6) is 0 Å². The Morgan fingerprint density at radius 1 is 1.00 bits per heavy atom. The van der Waals surface area contributed by atoms with Crippen molar-refractivity contribution in [3.05, 3.63) is 65.1 Å². The number of pyridine rings is 1. The average Bonchev–Trinajstić information content (AvgIpc) is 2.90. The molecular formula is C16H12N4O. The maximum atomic E-state index is 12.0. The van der Waals surface area contributed by atoms with Crippen molar-refractivity contribution in [1.29, 1.82) is 0 Å². The van der Waals surface area contributed by atoms with Crippen molar-refractivity contribution in [3.63, 3.8) is 0 Å². The van der Waals surface area contributed by atoms with E-state index >= 15 is 0 Å². The number of nitrogens with one attached hydrogen (secondary N) is 3. The lowest BCUT2D eigenvalue weighted by Gasteiger charge is -2.00. The number of nitrogens with zero attached hydrogens (tertiary/aromatic N) is 1. The van der Waals surface area contributed by atoms with E-state index in [0.717, 1.165) is 16.6 Å². The second-order valence-corrected chi connectivity index (χ2v) is 4.81. The SMILES string of the molecule is O=c1[nH]ccc2ccc3[nH]c(Nc4ccccc4)nc3c12. The summed E-state index contributed by atoms with van der Waals surface area (Å²) in [5, 5.41) is 4.68. The molecule has 2 aromatic carbocycles. The van der Waals surface area contributed by atoms with Crippen LogP contribution >= 0.6 is 0 Å². The highest BCUT2D eigenvalue weighted by molar-refractivity contribution is 6.04. The molecule has 0 saturated carbocycles. The van der Waals surface area contributed by atoms with Gasteiger partial charge in [-0.1, -0.05) is 24.3 Å². The van der Waals surface area contributed by atoms with Gasteiger partial charge in [0.25, 0.3) is 5.56 Å². The summed E-state index contributed by atoms with van der Waals surface area (Å²) in [4.78, 5) is 22.4. The molecule has 5 nitrogen and oxygen atoms in total. The highest BCUT2D eigenvalue weighted by Gasteiger charge is 2.09. The Morgan fingerprint density at radius 3 is 2.71 bits per heavy atom. The molecule has 2 heterocycles. The summed E-state index contributed by atoms with van der Waals surface area (Å²) in [5.41, 5.74) is 2.32. The number of rotatable bonds is 2. The number of anilines is 2. The first kappa shape index (κ1) is 11.7. The molecule has 3 N–H and O–H groups in total. The summed E-state index contributed by atoms with van der Waals surface area (Å²) in [7, 11) is 0. The van der Waals surface area contributed by atoms with Gasteiger partial charge in [-0.2, -0.15) is 0 Å². The maximum absolute atomic E-state index is 12.0. The van der Waals surface area contributed by atoms with Crippen LogP contribution in [0.25, 0.3) is 21.8 Å². The van der Waals surface area contributed by atoms with Crippen molar-refractivity contribution in [3.8, 4) is 0 Å². The van der Waals surface area contributed by atoms with Crippen LogP contribution in [0, 0.1) is 0 Å². The molecule has 0 radical (unpaired) electrons. The predicted octanol–water partition coefficient (Wildman–Crippen LogP) is 3.15. The van der Waals surface area contributed by atoms with E-state index in [0.29, 0.717) is 16.9 Å². The summed E-state index contributed by atoms with van der Waals surface area (Å²) in [6.45, 7) is 0. The highest BCUT2D eigenvalue weighted by atomic mass is 16.1. The number of hydrogen-bond acceptors (Lipinski definition) is 3. The Bertz CT molecular complexity index is 985. The number of fused-ring (bicyclic) bond motifs is 3. The maximum Gasteiger partial charge on any atom is 0.258 e. The van der Waals surface area contributed by atoms with E-state index in [1.807, 2.05) is 48.5 Å². The zero-order valence-corrected chi connectivity index (χ0v) is 11.1. The van der Waals surface area contributed by atoms with Crippen LogP contribution in [-0.4, -0.2) is 15.0 Å². The molecular weight excluding hydrogens is 264 g/mol. The zero-order chi connectivity index (χ0) is 14.2. The largest absolute Gasteiger partial charge is 0.328 e. The Labute approximate surface area is 119 Å². The molecule has 5 heteroatoms. The van der Waals surface area contributed by atoms with Crippen molar-refractivity contribution in [2.45, 2.75) is 0 Å². The van der Waals surface area contributed by atoms with Gasteiger partial charge in [0.05, 0.1) is 10.9 Å². The number of H-pyrrole nitrogens is 2. The zero-order valence-electron chi connectivity index (χ0n) is 11.1. The molecule has 102 valence electrons. The number of aromatic amines is 2. The van der Waals surface area contributed by atoms with Crippen LogP contribution in [0.4, 0.5) is 11.6 Å². The van der Waals surface area contributed by atoms with E-state index in [2.05, 4.69) is 20.3 Å². The van der Waals surface area contributed by atoms with Gasteiger partial charge in [0.2, 0.25) is 5.95 Å². The number of imidazole rings is 1. The molecule has 0 bridgehead atoms.